The Morgan fingerprint density at radius 3 is 2.15 bits per heavy atom. The molecule has 0 radical (unpaired) electrons. The normalized spacial score (nSPS) is 18.7. The molecule has 0 unspecified atom stereocenters. The van der Waals surface area contributed by atoms with Crippen LogP contribution in [0.1, 0.15) is 62.4 Å². The summed E-state index contributed by atoms with van der Waals surface area (Å²) in [5.41, 5.74) is 1.62. The van der Waals surface area contributed by atoms with E-state index >= 15 is 0 Å². The molecule has 2 amide bonds. The molecule has 0 N–H and O–H groups in total. The van der Waals surface area contributed by atoms with Crippen LogP contribution in [0.5, 0.6) is 5.75 Å². The molecule has 1 saturated carbocycles. The minimum Gasteiger partial charge on any atom is -0.496 e. The number of amides is 2. The van der Waals surface area contributed by atoms with Gasteiger partial charge < -0.3 is 14.5 Å². The number of ether oxygens (including phenoxy) is 1. The van der Waals surface area contributed by atoms with Gasteiger partial charge in [-0.25, -0.2) is 0 Å². The molecule has 1 aliphatic heterocycles. The largest absolute Gasteiger partial charge is 0.496 e. The minimum absolute atomic E-state index is 0.0381. The first-order valence-electron chi connectivity index (χ1n) is 10.1. The first kappa shape index (κ1) is 19.7. The Kier molecular flexibility index (Phi) is 5.78. The van der Waals surface area contributed by atoms with E-state index in [2.05, 4.69) is 20.8 Å². The molecule has 1 aromatic rings. The highest BCUT2D eigenvalue weighted by Gasteiger charge is 2.31. The van der Waals surface area contributed by atoms with Crippen molar-refractivity contribution in [2.24, 2.45) is 5.92 Å². The fourth-order valence-corrected chi connectivity index (χ4v) is 4.17. The van der Waals surface area contributed by atoms with Crippen molar-refractivity contribution in [2.75, 3.05) is 33.3 Å². The molecule has 1 heterocycles. The number of piperazine rings is 1. The Morgan fingerprint density at radius 2 is 1.59 bits per heavy atom. The summed E-state index contributed by atoms with van der Waals surface area (Å²) in [6.45, 7) is 8.85. The van der Waals surface area contributed by atoms with Gasteiger partial charge in [-0.15, -0.1) is 0 Å². The summed E-state index contributed by atoms with van der Waals surface area (Å²) in [5.74, 6) is 1.35. The van der Waals surface area contributed by atoms with Crippen molar-refractivity contribution < 1.29 is 14.3 Å². The lowest BCUT2D eigenvalue weighted by Gasteiger charge is -2.36. The van der Waals surface area contributed by atoms with Crippen LogP contribution in [-0.4, -0.2) is 54.9 Å². The van der Waals surface area contributed by atoms with Gasteiger partial charge in [0.2, 0.25) is 5.91 Å². The van der Waals surface area contributed by atoms with Crippen molar-refractivity contribution in [3.63, 3.8) is 0 Å². The quantitative estimate of drug-likeness (QED) is 0.816. The van der Waals surface area contributed by atoms with Crippen LogP contribution in [0.3, 0.4) is 0 Å². The van der Waals surface area contributed by atoms with Gasteiger partial charge in [0.05, 0.1) is 7.11 Å². The summed E-state index contributed by atoms with van der Waals surface area (Å²) in [4.78, 5) is 29.4. The Morgan fingerprint density at radius 1 is 1.00 bits per heavy atom. The molecule has 1 aromatic carbocycles. The first-order chi connectivity index (χ1) is 12.8. The molecule has 0 spiro atoms. The van der Waals surface area contributed by atoms with Gasteiger partial charge in [-0.05, 0) is 36.5 Å². The molecule has 5 heteroatoms. The number of methoxy groups -OCH3 is 1. The van der Waals surface area contributed by atoms with Crippen molar-refractivity contribution in [3.05, 3.63) is 29.3 Å². The van der Waals surface area contributed by atoms with E-state index in [1.165, 1.54) is 12.8 Å². The summed E-state index contributed by atoms with van der Waals surface area (Å²) in [6, 6.07) is 5.68. The van der Waals surface area contributed by atoms with Crippen LogP contribution in [0.25, 0.3) is 0 Å². The molecule has 148 valence electrons. The maximum absolute atomic E-state index is 13.0. The molecule has 1 saturated heterocycles. The minimum atomic E-state index is -0.103. The highest BCUT2D eigenvalue weighted by molar-refractivity contribution is 5.95. The number of nitrogens with zero attached hydrogens (tertiary/aromatic N) is 2. The van der Waals surface area contributed by atoms with Gasteiger partial charge in [-0.1, -0.05) is 33.6 Å². The van der Waals surface area contributed by atoms with E-state index in [9.17, 15) is 9.59 Å². The smallest absolute Gasteiger partial charge is 0.253 e. The van der Waals surface area contributed by atoms with Crippen LogP contribution in [0.4, 0.5) is 0 Å². The lowest BCUT2D eigenvalue weighted by Crippen LogP contribution is -2.51. The van der Waals surface area contributed by atoms with Gasteiger partial charge in [0.25, 0.3) is 5.91 Å². The third-order valence-corrected chi connectivity index (χ3v) is 5.84. The Bertz CT molecular complexity index is 694. The molecule has 5 nitrogen and oxygen atoms in total. The van der Waals surface area contributed by atoms with Gasteiger partial charge in [-0.3, -0.25) is 9.59 Å². The zero-order valence-electron chi connectivity index (χ0n) is 17.1. The zero-order valence-corrected chi connectivity index (χ0v) is 17.1. The molecule has 3 rings (SSSR count). The first-order valence-corrected chi connectivity index (χ1v) is 10.1. The predicted octanol–water partition coefficient (Wildman–Crippen LogP) is 3.47. The fourth-order valence-electron chi connectivity index (χ4n) is 4.17. The van der Waals surface area contributed by atoms with Gasteiger partial charge in [0.15, 0.2) is 0 Å². The number of benzene rings is 1. The van der Waals surface area contributed by atoms with E-state index in [0.29, 0.717) is 37.6 Å². The van der Waals surface area contributed by atoms with Crippen LogP contribution < -0.4 is 4.74 Å². The molecule has 0 aromatic heterocycles. The number of rotatable bonds is 3. The Balaban J connectivity index is 1.66. The van der Waals surface area contributed by atoms with Gasteiger partial charge in [0, 0.05) is 43.2 Å². The van der Waals surface area contributed by atoms with E-state index in [1.807, 2.05) is 28.0 Å². The van der Waals surface area contributed by atoms with Gasteiger partial charge in [0.1, 0.15) is 5.75 Å². The van der Waals surface area contributed by atoms with E-state index in [0.717, 1.165) is 24.2 Å². The average Bonchev–Trinajstić information content (AvgIpc) is 3.20. The number of hydrogen-bond donors (Lipinski definition) is 0. The Labute approximate surface area is 162 Å². The highest BCUT2D eigenvalue weighted by atomic mass is 16.5. The molecular weight excluding hydrogens is 340 g/mol. The van der Waals surface area contributed by atoms with Crippen LogP contribution in [0.2, 0.25) is 0 Å². The lowest BCUT2D eigenvalue weighted by molar-refractivity contribution is -0.136. The molecular formula is C22H32N2O3. The third kappa shape index (κ3) is 4.28. The second-order valence-corrected chi connectivity index (χ2v) is 8.76. The van der Waals surface area contributed by atoms with E-state index in [-0.39, 0.29) is 17.2 Å². The summed E-state index contributed by atoms with van der Waals surface area (Å²) < 4.78 is 5.47. The number of carbonyl (C=O) groups excluding carboxylic acids is 2. The van der Waals surface area contributed by atoms with Gasteiger partial charge in [-0.2, -0.15) is 0 Å². The van der Waals surface area contributed by atoms with Crippen LogP contribution >= 0.6 is 0 Å². The molecule has 0 bridgehead atoms. The van der Waals surface area contributed by atoms with Crippen molar-refractivity contribution in [3.8, 4) is 5.75 Å². The third-order valence-electron chi connectivity index (χ3n) is 5.84. The summed E-state index contributed by atoms with van der Waals surface area (Å²) >= 11 is 0. The molecule has 27 heavy (non-hydrogen) atoms. The summed E-state index contributed by atoms with van der Waals surface area (Å²) in [6.07, 6.45) is 4.39. The average molecular weight is 373 g/mol. The summed E-state index contributed by atoms with van der Waals surface area (Å²) in [5, 5.41) is 0. The number of carbonyl (C=O) groups is 2. The topological polar surface area (TPSA) is 49.9 Å². The maximum atomic E-state index is 13.0. The predicted molar refractivity (Wildman–Crippen MR) is 106 cm³/mol. The monoisotopic (exact) mass is 372 g/mol. The SMILES string of the molecule is COc1ccc(C(=O)N2CCN(C(=O)C3CCCC3)CC2)cc1C(C)(C)C. The maximum Gasteiger partial charge on any atom is 0.253 e. The lowest BCUT2D eigenvalue weighted by atomic mass is 9.85. The molecule has 2 fully saturated rings. The van der Waals surface area contributed by atoms with E-state index in [4.69, 9.17) is 4.74 Å². The second-order valence-electron chi connectivity index (χ2n) is 8.76. The molecule has 1 aliphatic carbocycles. The molecule has 0 atom stereocenters. The second kappa shape index (κ2) is 7.91. The Hall–Kier alpha value is -2.04. The van der Waals surface area contributed by atoms with E-state index in [1.54, 1.807) is 7.11 Å². The van der Waals surface area contributed by atoms with Crippen LogP contribution in [-0.2, 0) is 10.2 Å². The number of hydrogen-bond acceptors (Lipinski definition) is 3. The van der Waals surface area contributed by atoms with Crippen LogP contribution in [0, 0.1) is 5.92 Å². The zero-order chi connectivity index (χ0) is 19.6. The van der Waals surface area contributed by atoms with Crippen molar-refractivity contribution in [1.29, 1.82) is 0 Å². The van der Waals surface area contributed by atoms with Gasteiger partial charge >= 0.3 is 0 Å². The standard InChI is InChI=1S/C22H32N2O3/c1-22(2,3)18-15-17(9-10-19(18)27-4)21(26)24-13-11-23(12-14-24)20(25)16-7-5-6-8-16/h9-10,15-16H,5-8,11-14H2,1-4H3. The van der Waals surface area contributed by atoms with E-state index < -0.39 is 0 Å². The van der Waals surface area contributed by atoms with Crippen molar-refractivity contribution >= 4 is 11.8 Å². The van der Waals surface area contributed by atoms with Crippen molar-refractivity contribution in [2.45, 2.75) is 51.9 Å². The summed E-state index contributed by atoms with van der Waals surface area (Å²) in [7, 11) is 1.66. The van der Waals surface area contributed by atoms with Crippen LogP contribution in [0.15, 0.2) is 18.2 Å². The molecule has 2 aliphatic rings. The van der Waals surface area contributed by atoms with Crippen molar-refractivity contribution in [1.82, 2.24) is 9.80 Å². The highest BCUT2D eigenvalue weighted by Crippen LogP contribution is 2.32. The fraction of sp³-hybridized carbons (Fsp3) is 0.636.